The number of nitrogens with one attached hydrogen (secondary N) is 1. The molecule has 1 amide bonds. The Balaban J connectivity index is 1.60. The van der Waals surface area contributed by atoms with Crippen molar-refractivity contribution in [3.05, 3.63) is 59.6 Å². The Morgan fingerprint density at radius 3 is 2.69 bits per heavy atom. The number of aryl methyl sites for hydroxylation is 1. The molecule has 2 aromatic carbocycles. The Bertz CT molecular complexity index is 1180. The molecule has 0 atom stereocenters. The zero-order valence-corrected chi connectivity index (χ0v) is 16.8. The molecule has 1 aliphatic rings. The summed E-state index contributed by atoms with van der Waals surface area (Å²) < 4.78 is 47.1. The van der Waals surface area contributed by atoms with Gasteiger partial charge in [0, 0.05) is 30.9 Å². The van der Waals surface area contributed by atoms with Crippen LogP contribution in [0.2, 0.25) is 0 Å². The summed E-state index contributed by atoms with van der Waals surface area (Å²) in [6.45, 7) is 3.68. The second-order valence-electron chi connectivity index (χ2n) is 7.12. The van der Waals surface area contributed by atoms with E-state index in [1.54, 1.807) is 12.1 Å². The molecule has 0 spiro atoms. The first-order valence-electron chi connectivity index (χ1n) is 9.51. The van der Waals surface area contributed by atoms with Crippen LogP contribution in [0.5, 0.6) is 0 Å². The Labute approximate surface area is 168 Å². The van der Waals surface area contributed by atoms with Crippen molar-refractivity contribution in [2.24, 2.45) is 0 Å². The number of halogens is 1. The lowest BCUT2D eigenvalue weighted by atomic mass is 10.1. The van der Waals surface area contributed by atoms with E-state index in [1.807, 2.05) is 22.6 Å². The average Bonchev–Trinajstić information content (AvgIpc) is 3.05. The second-order valence-corrected chi connectivity index (χ2v) is 8.81. The van der Waals surface area contributed by atoms with Gasteiger partial charge < -0.3 is 9.32 Å². The molecule has 0 radical (unpaired) electrons. The van der Waals surface area contributed by atoms with Gasteiger partial charge in [-0.15, -0.1) is 0 Å². The molecule has 29 heavy (non-hydrogen) atoms. The van der Waals surface area contributed by atoms with Gasteiger partial charge in [-0.05, 0) is 36.6 Å². The van der Waals surface area contributed by atoms with Gasteiger partial charge in [0.25, 0.3) is 10.0 Å². The van der Waals surface area contributed by atoms with E-state index in [0.29, 0.717) is 5.69 Å². The van der Waals surface area contributed by atoms with Gasteiger partial charge in [0.15, 0.2) is 5.76 Å². The number of carbonyl (C=O) groups is 1. The number of benzene rings is 2. The molecule has 6 nitrogen and oxygen atoms in total. The van der Waals surface area contributed by atoms with Gasteiger partial charge in [-0.3, -0.25) is 4.79 Å². The number of nitrogens with zero attached hydrogens (tertiary/aromatic N) is 1. The van der Waals surface area contributed by atoms with Gasteiger partial charge in [-0.25, -0.2) is 17.5 Å². The first-order valence-corrected chi connectivity index (χ1v) is 11.0. The van der Waals surface area contributed by atoms with Crippen LogP contribution in [-0.2, 0) is 16.4 Å². The van der Waals surface area contributed by atoms with Crippen LogP contribution < -0.4 is 9.62 Å². The standard InChI is InChI=1S/C21H21FN2O4S/c1-2-5-14-6-3-7-16(10-14)29(26,27)23-21(25)20-13-17-18(22)11-15(12-19(17)28-20)24-8-4-9-24/h3,6-7,10-13H,2,4-5,8-9H2,1H3,(H,23,25). The lowest BCUT2D eigenvalue weighted by Crippen LogP contribution is -2.36. The van der Waals surface area contributed by atoms with Gasteiger partial charge in [0.1, 0.15) is 11.4 Å². The monoisotopic (exact) mass is 416 g/mol. The Morgan fingerprint density at radius 2 is 2.00 bits per heavy atom. The van der Waals surface area contributed by atoms with Crippen molar-refractivity contribution >= 4 is 32.6 Å². The molecule has 0 bridgehead atoms. The summed E-state index contributed by atoms with van der Waals surface area (Å²) in [5.74, 6) is -1.71. The summed E-state index contributed by atoms with van der Waals surface area (Å²) in [7, 11) is -4.07. The van der Waals surface area contributed by atoms with Crippen LogP contribution in [-0.4, -0.2) is 27.4 Å². The maximum absolute atomic E-state index is 14.4. The van der Waals surface area contributed by atoms with Crippen molar-refractivity contribution in [3.8, 4) is 0 Å². The van der Waals surface area contributed by atoms with Gasteiger partial charge in [0.05, 0.1) is 10.3 Å². The summed E-state index contributed by atoms with van der Waals surface area (Å²) >= 11 is 0. The SMILES string of the molecule is CCCc1cccc(S(=O)(=O)NC(=O)c2cc3c(F)cc(N4CCC4)cc3o2)c1. The van der Waals surface area contributed by atoms with E-state index in [9.17, 15) is 17.6 Å². The number of carbonyl (C=O) groups excluding carboxylic acids is 1. The zero-order valence-electron chi connectivity index (χ0n) is 15.9. The van der Waals surface area contributed by atoms with E-state index in [-0.39, 0.29) is 21.6 Å². The minimum Gasteiger partial charge on any atom is -0.451 e. The highest BCUT2D eigenvalue weighted by Gasteiger charge is 2.24. The van der Waals surface area contributed by atoms with Crippen LogP contribution in [0.25, 0.3) is 11.0 Å². The summed E-state index contributed by atoms with van der Waals surface area (Å²) in [6.07, 6.45) is 2.65. The van der Waals surface area contributed by atoms with E-state index < -0.39 is 21.7 Å². The smallest absolute Gasteiger partial charge is 0.300 e. The fourth-order valence-electron chi connectivity index (χ4n) is 3.34. The molecule has 1 aliphatic heterocycles. The number of fused-ring (bicyclic) bond motifs is 1. The van der Waals surface area contributed by atoms with Gasteiger partial charge in [-0.2, -0.15) is 0 Å². The fourth-order valence-corrected chi connectivity index (χ4v) is 4.37. The van der Waals surface area contributed by atoms with Crippen molar-refractivity contribution in [2.45, 2.75) is 31.1 Å². The number of amides is 1. The molecule has 1 N–H and O–H groups in total. The van der Waals surface area contributed by atoms with Gasteiger partial charge in [0.2, 0.25) is 0 Å². The summed E-state index contributed by atoms with van der Waals surface area (Å²) in [4.78, 5) is 14.5. The Morgan fingerprint density at radius 1 is 1.21 bits per heavy atom. The number of furan rings is 1. The lowest BCUT2D eigenvalue weighted by Gasteiger charge is -2.33. The molecule has 3 aromatic rings. The molecule has 2 heterocycles. The van der Waals surface area contributed by atoms with Crippen LogP contribution >= 0.6 is 0 Å². The second kappa shape index (κ2) is 7.51. The minimum atomic E-state index is -4.07. The molecule has 0 unspecified atom stereocenters. The maximum Gasteiger partial charge on any atom is 0.300 e. The predicted molar refractivity (Wildman–Crippen MR) is 108 cm³/mol. The van der Waals surface area contributed by atoms with Crippen molar-refractivity contribution in [3.63, 3.8) is 0 Å². The van der Waals surface area contributed by atoms with Crippen molar-refractivity contribution in [1.82, 2.24) is 4.72 Å². The molecule has 1 fully saturated rings. The first kappa shape index (κ1) is 19.4. The lowest BCUT2D eigenvalue weighted by molar-refractivity contribution is 0.0956. The number of anilines is 1. The average molecular weight is 416 g/mol. The predicted octanol–water partition coefficient (Wildman–Crippen LogP) is 3.85. The van der Waals surface area contributed by atoms with E-state index in [0.717, 1.165) is 37.9 Å². The summed E-state index contributed by atoms with van der Waals surface area (Å²) in [5, 5.41) is 0.141. The molecule has 152 valence electrons. The van der Waals surface area contributed by atoms with E-state index in [2.05, 4.69) is 0 Å². The van der Waals surface area contributed by atoms with Crippen LogP contribution in [0.15, 0.2) is 51.8 Å². The van der Waals surface area contributed by atoms with Crippen molar-refractivity contribution < 1.29 is 22.0 Å². The first-order chi connectivity index (χ1) is 13.9. The highest BCUT2D eigenvalue weighted by Crippen LogP contribution is 2.30. The minimum absolute atomic E-state index is 0.000777. The third-order valence-corrected chi connectivity index (χ3v) is 6.32. The van der Waals surface area contributed by atoms with E-state index >= 15 is 0 Å². The van der Waals surface area contributed by atoms with Crippen molar-refractivity contribution in [2.75, 3.05) is 18.0 Å². The molecular weight excluding hydrogens is 395 g/mol. The molecular formula is C21H21FN2O4S. The number of rotatable bonds is 6. The fraction of sp³-hybridized carbons (Fsp3) is 0.286. The van der Waals surface area contributed by atoms with E-state index in [1.165, 1.54) is 24.3 Å². The quantitative estimate of drug-likeness (QED) is 0.660. The Hall–Kier alpha value is -2.87. The topological polar surface area (TPSA) is 79.6 Å². The summed E-state index contributed by atoms with van der Waals surface area (Å²) in [6, 6.07) is 10.7. The van der Waals surface area contributed by atoms with Crippen LogP contribution in [0, 0.1) is 5.82 Å². The third-order valence-electron chi connectivity index (χ3n) is 4.99. The van der Waals surface area contributed by atoms with Gasteiger partial charge in [-0.1, -0.05) is 25.5 Å². The molecule has 4 rings (SSSR count). The molecule has 1 saturated heterocycles. The van der Waals surface area contributed by atoms with Crippen LogP contribution in [0.3, 0.4) is 0 Å². The number of hydrogen-bond acceptors (Lipinski definition) is 5. The Kier molecular flexibility index (Phi) is 5.04. The highest BCUT2D eigenvalue weighted by atomic mass is 32.2. The van der Waals surface area contributed by atoms with Gasteiger partial charge >= 0.3 is 5.91 Å². The van der Waals surface area contributed by atoms with E-state index in [4.69, 9.17) is 4.42 Å². The number of sulfonamides is 1. The highest BCUT2D eigenvalue weighted by molar-refractivity contribution is 7.90. The zero-order chi connectivity index (χ0) is 20.6. The van der Waals surface area contributed by atoms with Crippen LogP contribution in [0.4, 0.5) is 10.1 Å². The normalized spacial score (nSPS) is 14.1. The maximum atomic E-state index is 14.4. The van der Waals surface area contributed by atoms with Crippen molar-refractivity contribution in [1.29, 1.82) is 0 Å². The summed E-state index contributed by atoms with van der Waals surface area (Å²) in [5.41, 5.74) is 1.76. The largest absolute Gasteiger partial charge is 0.451 e. The third kappa shape index (κ3) is 3.85. The molecule has 0 saturated carbocycles. The molecule has 0 aliphatic carbocycles. The number of hydrogen-bond donors (Lipinski definition) is 1. The molecule has 8 heteroatoms. The van der Waals surface area contributed by atoms with Crippen LogP contribution in [0.1, 0.15) is 35.9 Å². The molecule has 1 aromatic heterocycles.